The Morgan fingerprint density at radius 3 is 2.37 bits per heavy atom. The zero-order valence-corrected chi connectivity index (χ0v) is 18.0. The van der Waals surface area contributed by atoms with Gasteiger partial charge in [0.15, 0.2) is 9.84 Å². The third kappa shape index (κ3) is 4.42. The van der Waals surface area contributed by atoms with Gasteiger partial charge in [-0.2, -0.15) is 0 Å². The summed E-state index contributed by atoms with van der Waals surface area (Å²) < 4.78 is 57.4. The summed E-state index contributed by atoms with van der Waals surface area (Å²) >= 11 is 0. The molecule has 2 aromatic rings. The van der Waals surface area contributed by atoms with E-state index in [0.717, 1.165) is 4.31 Å². The van der Waals surface area contributed by atoms with Gasteiger partial charge in [-0.1, -0.05) is 18.2 Å². The summed E-state index contributed by atoms with van der Waals surface area (Å²) in [6.07, 6.45) is -1.38. The molecule has 2 aromatic carbocycles. The minimum absolute atomic E-state index is 0.152. The van der Waals surface area contributed by atoms with Crippen molar-refractivity contribution in [2.75, 3.05) is 28.2 Å². The third-order valence-electron chi connectivity index (χ3n) is 4.64. The number of sulfonamides is 1. The summed E-state index contributed by atoms with van der Waals surface area (Å²) in [5, 5.41) is 12.9. The fourth-order valence-corrected chi connectivity index (χ4v) is 6.94. The molecule has 0 radical (unpaired) electrons. The molecule has 11 heteroatoms. The van der Waals surface area contributed by atoms with E-state index in [1.165, 1.54) is 44.4 Å². The molecule has 3 rings (SSSR count). The molecule has 30 heavy (non-hydrogen) atoms. The molecule has 162 valence electrons. The van der Waals surface area contributed by atoms with Gasteiger partial charge < -0.3 is 15.2 Å². The van der Waals surface area contributed by atoms with Crippen molar-refractivity contribution in [2.24, 2.45) is 0 Å². The van der Waals surface area contributed by atoms with Gasteiger partial charge in [0, 0.05) is 6.92 Å². The molecule has 1 fully saturated rings. The topological polar surface area (TPSA) is 130 Å². The first-order valence-corrected chi connectivity index (χ1v) is 12.2. The number of aliphatic hydroxyl groups excluding tert-OH is 1. The monoisotopic (exact) mass is 454 g/mol. The largest absolute Gasteiger partial charge is 0.495 e. The van der Waals surface area contributed by atoms with Crippen LogP contribution in [0.5, 0.6) is 5.75 Å². The number of benzene rings is 2. The van der Waals surface area contributed by atoms with E-state index in [2.05, 4.69) is 5.32 Å². The van der Waals surface area contributed by atoms with Crippen molar-refractivity contribution in [3.05, 3.63) is 48.5 Å². The van der Waals surface area contributed by atoms with Gasteiger partial charge in [0.25, 0.3) is 10.0 Å². The second-order valence-corrected chi connectivity index (χ2v) is 10.9. The van der Waals surface area contributed by atoms with Crippen LogP contribution in [-0.2, 0) is 24.7 Å². The van der Waals surface area contributed by atoms with Crippen molar-refractivity contribution in [3.63, 3.8) is 0 Å². The zero-order valence-electron chi connectivity index (χ0n) is 16.3. The van der Waals surface area contributed by atoms with E-state index in [-0.39, 0.29) is 22.0 Å². The molecule has 1 aliphatic heterocycles. The first-order chi connectivity index (χ1) is 14.0. The van der Waals surface area contributed by atoms with Crippen LogP contribution in [0.3, 0.4) is 0 Å². The molecule has 1 saturated heterocycles. The van der Waals surface area contributed by atoms with Crippen LogP contribution in [0.2, 0.25) is 0 Å². The molecule has 1 aliphatic rings. The highest BCUT2D eigenvalue weighted by Crippen LogP contribution is 2.34. The van der Waals surface area contributed by atoms with Gasteiger partial charge in [-0.15, -0.1) is 0 Å². The Kier molecular flexibility index (Phi) is 6.06. The smallest absolute Gasteiger partial charge is 0.264 e. The predicted octanol–water partition coefficient (Wildman–Crippen LogP) is 1.01. The number of sulfone groups is 1. The average molecular weight is 455 g/mol. The number of hydrogen-bond acceptors (Lipinski definition) is 7. The number of hydrogen-bond donors (Lipinski definition) is 2. The van der Waals surface area contributed by atoms with Gasteiger partial charge in [-0.05, 0) is 30.3 Å². The average Bonchev–Trinajstić information content (AvgIpc) is 2.94. The lowest BCUT2D eigenvalue weighted by atomic mass is 10.2. The number of methoxy groups -OCH3 is 1. The Morgan fingerprint density at radius 2 is 1.83 bits per heavy atom. The molecule has 0 saturated carbocycles. The lowest BCUT2D eigenvalue weighted by molar-refractivity contribution is -0.114. The SMILES string of the molecule is COc1ccc(S(=O)(=O)N(c2ccccc2)[C@H]2CS(=O)(=O)C[C@H]2O)cc1NC(C)=O. The molecule has 0 spiro atoms. The summed E-state index contributed by atoms with van der Waals surface area (Å²) in [7, 11) is -6.53. The van der Waals surface area contributed by atoms with Crippen molar-refractivity contribution in [1.29, 1.82) is 0 Å². The second kappa shape index (κ2) is 8.25. The summed E-state index contributed by atoms with van der Waals surface area (Å²) in [4.78, 5) is 11.3. The van der Waals surface area contributed by atoms with Gasteiger partial charge >= 0.3 is 0 Å². The maximum atomic E-state index is 13.6. The van der Waals surface area contributed by atoms with Gasteiger partial charge in [0.1, 0.15) is 5.75 Å². The highest BCUT2D eigenvalue weighted by atomic mass is 32.2. The van der Waals surface area contributed by atoms with E-state index in [1.807, 2.05) is 0 Å². The van der Waals surface area contributed by atoms with Crippen molar-refractivity contribution < 1.29 is 31.5 Å². The van der Waals surface area contributed by atoms with Crippen molar-refractivity contribution in [3.8, 4) is 5.75 Å². The number of nitrogens with one attached hydrogen (secondary N) is 1. The van der Waals surface area contributed by atoms with E-state index >= 15 is 0 Å². The lowest BCUT2D eigenvalue weighted by Gasteiger charge is -2.31. The van der Waals surface area contributed by atoms with E-state index in [1.54, 1.807) is 18.2 Å². The lowest BCUT2D eigenvalue weighted by Crippen LogP contribution is -2.47. The number of para-hydroxylation sites is 1. The number of amides is 1. The molecule has 2 atom stereocenters. The summed E-state index contributed by atoms with van der Waals surface area (Å²) in [6, 6.07) is 10.7. The standard InChI is InChI=1S/C19H22N2O7S2/c1-13(22)20-16-10-15(8-9-19(16)28-2)30(26,27)21(14-6-4-3-5-7-14)17-11-29(24,25)12-18(17)23/h3-10,17-18,23H,11-12H2,1-2H3,(H,20,22)/t17-,18+/m0/s1. The molecule has 0 bridgehead atoms. The van der Waals surface area contributed by atoms with Crippen LogP contribution in [0.25, 0.3) is 0 Å². The molecular formula is C19H22N2O7S2. The van der Waals surface area contributed by atoms with Crippen molar-refractivity contribution in [2.45, 2.75) is 24.0 Å². The van der Waals surface area contributed by atoms with E-state index < -0.39 is 49.4 Å². The summed E-state index contributed by atoms with van der Waals surface area (Å²) in [5.41, 5.74) is 0.370. The molecule has 9 nitrogen and oxygen atoms in total. The Labute approximate surface area is 175 Å². The van der Waals surface area contributed by atoms with Crippen molar-refractivity contribution in [1.82, 2.24) is 0 Å². The number of ether oxygens (including phenoxy) is 1. The maximum Gasteiger partial charge on any atom is 0.264 e. The highest BCUT2D eigenvalue weighted by Gasteiger charge is 2.45. The van der Waals surface area contributed by atoms with E-state index in [9.17, 15) is 26.7 Å². The first kappa shape index (κ1) is 22.1. The highest BCUT2D eigenvalue weighted by molar-refractivity contribution is 7.93. The van der Waals surface area contributed by atoms with Crippen molar-refractivity contribution >= 4 is 37.1 Å². The number of aliphatic hydroxyl groups is 1. The number of anilines is 2. The quantitative estimate of drug-likeness (QED) is 0.666. The number of rotatable bonds is 6. The minimum atomic E-state index is -4.30. The normalized spacial score (nSPS) is 20.5. The molecule has 2 N–H and O–H groups in total. The number of carbonyl (C=O) groups is 1. The molecular weight excluding hydrogens is 432 g/mol. The van der Waals surface area contributed by atoms with E-state index in [0.29, 0.717) is 0 Å². The minimum Gasteiger partial charge on any atom is -0.495 e. The van der Waals surface area contributed by atoms with Crippen LogP contribution in [0.4, 0.5) is 11.4 Å². The van der Waals surface area contributed by atoms with Gasteiger partial charge in [-0.3, -0.25) is 9.10 Å². The van der Waals surface area contributed by atoms with Gasteiger partial charge in [0.05, 0.1) is 47.0 Å². The van der Waals surface area contributed by atoms with Gasteiger partial charge in [0.2, 0.25) is 5.91 Å². The van der Waals surface area contributed by atoms with Crippen LogP contribution in [-0.4, -0.2) is 58.6 Å². The molecule has 0 unspecified atom stereocenters. The Bertz CT molecular complexity index is 1150. The summed E-state index contributed by atoms with van der Waals surface area (Å²) in [5.74, 6) is -1.17. The Morgan fingerprint density at radius 1 is 1.17 bits per heavy atom. The number of carbonyl (C=O) groups excluding carboxylic acids is 1. The first-order valence-electron chi connectivity index (χ1n) is 8.99. The Balaban J connectivity index is 2.15. The van der Waals surface area contributed by atoms with E-state index in [4.69, 9.17) is 4.74 Å². The zero-order chi connectivity index (χ0) is 22.1. The van der Waals surface area contributed by atoms with Gasteiger partial charge in [-0.25, -0.2) is 16.8 Å². The fraction of sp³-hybridized carbons (Fsp3) is 0.316. The second-order valence-electron chi connectivity index (χ2n) is 6.89. The third-order valence-corrected chi connectivity index (χ3v) is 8.19. The predicted molar refractivity (Wildman–Crippen MR) is 112 cm³/mol. The molecule has 0 aromatic heterocycles. The van der Waals surface area contributed by atoms with Crippen LogP contribution in [0.15, 0.2) is 53.4 Å². The van der Waals surface area contributed by atoms with Crippen LogP contribution >= 0.6 is 0 Å². The van der Waals surface area contributed by atoms with Crippen LogP contribution in [0.1, 0.15) is 6.92 Å². The fourth-order valence-electron chi connectivity index (χ4n) is 3.37. The van der Waals surface area contributed by atoms with Crippen LogP contribution in [0, 0.1) is 0 Å². The number of nitrogens with zero attached hydrogens (tertiary/aromatic N) is 1. The summed E-state index contributed by atoms with van der Waals surface area (Å²) in [6.45, 7) is 1.27. The maximum absolute atomic E-state index is 13.6. The van der Waals surface area contributed by atoms with Crippen LogP contribution < -0.4 is 14.4 Å². The molecule has 1 heterocycles. The molecule has 1 amide bonds. The Hall–Kier alpha value is -2.63. The molecule has 0 aliphatic carbocycles.